The molecule has 1 nitrogen and oxygen atoms in total. The Hall–Kier alpha value is 0.690. The van der Waals surface area contributed by atoms with Crippen LogP contribution >= 0.6 is 34.8 Å². The summed E-state index contributed by atoms with van der Waals surface area (Å²) >= 11 is 13.1. The number of aliphatic hydroxyl groups is 1. The Balaban J connectivity index is 4.02. The highest BCUT2D eigenvalue weighted by molar-refractivity contribution is 6.51. The lowest BCUT2D eigenvalue weighted by atomic mass is 10.7. The zero-order chi connectivity index (χ0) is 7.00. The highest BCUT2D eigenvalue weighted by Gasteiger charge is 2.48. The zero-order valence-corrected chi connectivity index (χ0v) is 5.60. The first-order valence-electron chi connectivity index (χ1n) is 1.42. The van der Waals surface area contributed by atoms with E-state index in [0.717, 1.165) is 0 Å². The van der Waals surface area contributed by atoms with E-state index in [0.29, 0.717) is 0 Å². The Morgan fingerprint density at radius 1 is 1.12 bits per heavy atom. The minimum absolute atomic E-state index is 3.19. The predicted molar refractivity (Wildman–Crippen MR) is 27.5 cm³/mol. The number of alkyl halides is 5. The molecule has 0 saturated carbocycles. The van der Waals surface area contributed by atoms with Crippen molar-refractivity contribution in [3.05, 3.63) is 0 Å². The highest BCUT2D eigenvalue weighted by atomic mass is 35.5. The van der Waals surface area contributed by atoms with Crippen LogP contribution in [0.15, 0.2) is 0 Å². The van der Waals surface area contributed by atoms with Gasteiger partial charge >= 0.3 is 5.38 Å². The van der Waals surface area contributed by atoms with E-state index in [1.54, 1.807) is 0 Å². The topological polar surface area (TPSA) is 20.2 Å². The molecule has 1 N–H and O–H groups in total. The number of hydrogen-bond acceptors (Lipinski definition) is 1. The van der Waals surface area contributed by atoms with Crippen LogP contribution in [0.25, 0.3) is 0 Å². The van der Waals surface area contributed by atoms with E-state index in [1.807, 2.05) is 0 Å². The second kappa shape index (κ2) is 2.14. The molecule has 0 bridgehead atoms. The quantitative estimate of drug-likeness (QED) is 0.619. The van der Waals surface area contributed by atoms with Gasteiger partial charge in [0, 0.05) is 0 Å². The maximum Gasteiger partial charge on any atom is 0.378 e. The Kier molecular flexibility index (Phi) is 2.32. The van der Waals surface area contributed by atoms with Crippen molar-refractivity contribution in [2.24, 2.45) is 0 Å². The standard InChI is InChI=1S/C2HCl3F2O/c3-1(4,8)2(5,6)7/h8H. The van der Waals surface area contributed by atoms with Gasteiger partial charge in [0.25, 0.3) is 4.52 Å². The van der Waals surface area contributed by atoms with Gasteiger partial charge in [-0.15, -0.1) is 0 Å². The summed E-state index contributed by atoms with van der Waals surface area (Å²) in [5, 5.41) is 4.00. The molecule has 0 aliphatic carbocycles. The molecule has 0 aromatic carbocycles. The summed E-state index contributed by atoms with van der Waals surface area (Å²) in [5.74, 6) is 0. The first kappa shape index (κ1) is 8.69. The van der Waals surface area contributed by atoms with Crippen molar-refractivity contribution in [1.29, 1.82) is 0 Å². The van der Waals surface area contributed by atoms with Gasteiger partial charge in [-0.1, -0.05) is 23.2 Å². The fraction of sp³-hybridized carbons (Fsp3) is 1.00. The van der Waals surface area contributed by atoms with Gasteiger partial charge < -0.3 is 5.11 Å². The smallest absolute Gasteiger partial charge is 0.357 e. The van der Waals surface area contributed by atoms with Crippen molar-refractivity contribution >= 4 is 34.8 Å². The van der Waals surface area contributed by atoms with E-state index < -0.39 is 9.90 Å². The summed E-state index contributed by atoms with van der Waals surface area (Å²) in [5.41, 5.74) is 0. The van der Waals surface area contributed by atoms with E-state index in [9.17, 15) is 8.78 Å². The zero-order valence-electron chi connectivity index (χ0n) is 3.34. The molecule has 0 spiro atoms. The minimum Gasteiger partial charge on any atom is -0.357 e. The van der Waals surface area contributed by atoms with Crippen LogP contribution in [-0.2, 0) is 0 Å². The Morgan fingerprint density at radius 2 is 1.25 bits per heavy atom. The average molecular weight is 185 g/mol. The Bertz CT molecular complexity index is 70.3. The van der Waals surface area contributed by atoms with Crippen LogP contribution in [0.4, 0.5) is 8.78 Å². The lowest BCUT2D eigenvalue weighted by molar-refractivity contribution is -0.0211. The van der Waals surface area contributed by atoms with Crippen LogP contribution in [0.1, 0.15) is 0 Å². The molecule has 0 aliphatic heterocycles. The molecular weight excluding hydrogens is 184 g/mol. The van der Waals surface area contributed by atoms with Crippen molar-refractivity contribution in [3.63, 3.8) is 0 Å². The van der Waals surface area contributed by atoms with Crippen LogP contribution < -0.4 is 0 Å². The van der Waals surface area contributed by atoms with Gasteiger partial charge in [0.1, 0.15) is 0 Å². The molecule has 0 heterocycles. The van der Waals surface area contributed by atoms with Crippen LogP contribution in [0, 0.1) is 0 Å². The molecule has 0 rings (SSSR count). The molecule has 0 aromatic rings. The summed E-state index contributed by atoms with van der Waals surface area (Å²) in [4.78, 5) is 0. The number of hydrogen-bond donors (Lipinski definition) is 1. The SMILES string of the molecule is OC(Cl)(Cl)C(F)(F)Cl. The normalized spacial score (nSPS) is 14.2. The van der Waals surface area contributed by atoms with Crippen molar-refractivity contribution in [2.75, 3.05) is 0 Å². The van der Waals surface area contributed by atoms with E-state index in [4.69, 9.17) is 5.11 Å². The van der Waals surface area contributed by atoms with Crippen LogP contribution in [0.2, 0.25) is 0 Å². The van der Waals surface area contributed by atoms with Crippen molar-refractivity contribution in [1.82, 2.24) is 0 Å². The fourth-order valence-electron chi connectivity index (χ4n) is 0. The second-order valence-corrected chi connectivity index (χ2v) is 2.80. The van der Waals surface area contributed by atoms with Gasteiger partial charge in [0.05, 0.1) is 0 Å². The van der Waals surface area contributed by atoms with Crippen molar-refractivity contribution < 1.29 is 13.9 Å². The maximum atomic E-state index is 11.5. The van der Waals surface area contributed by atoms with Crippen molar-refractivity contribution in [3.8, 4) is 0 Å². The van der Waals surface area contributed by atoms with Gasteiger partial charge in [0.15, 0.2) is 0 Å². The lowest BCUT2D eigenvalue weighted by Crippen LogP contribution is -2.32. The van der Waals surface area contributed by atoms with Gasteiger partial charge in [-0.3, -0.25) is 0 Å². The highest BCUT2D eigenvalue weighted by Crippen LogP contribution is 2.38. The monoisotopic (exact) mass is 184 g/mol. The van der Waals surface area contributed by atoms with Crippen LogP contribution in [-0.4, -0.2) is 15.0 Å². The minimum atomic E-state index is -4.00. The predicted octanol–water partition coefficient (Wildman–Crippen LogP) is 1.94. The molecule has 0 aromatic heterocycles. The molecule has 0 unspecified atom stereocenters. The first-order valence-corrected chi connectivity index (χ1v) is 2.55. The fourth-order valence-corrected chi connectivity index (χ4v) is 0. The van der Waals surface area contributed by atoms with Gasteiger partial charge in [0.2, 0.25) is 0 Å². The molecule has 0 radical (unpaired) electrons. The molecule has 0 amide bonds. The largest absolute Gasteiger partial charge is 0.378 e. The second-order valence-electron chi connectivity index (χ2n) is 1.04. The third kappa shape index (κ3) is 2.31. The van der Waals surface area contributed by atoms with Gasteiger partial charge in [-0.2, -0.15) is 8.78 Å². The summed E-state index contributed by atoms with van der Waals surface area (Å²) in [6.07, 6.45) is 0. The van der Waals surface area contributed by atoms with Crippen LogP contribution in [0.5, 0.6) is 0 Å². The summed E-state index contributed by atoms with van der Waals surface area (Å²) in [6.45, 7) is 0. The van der Waals surface area contributed by atoms with Crippen LogP contribution in [0.3, 0.4) is 0 Å². The van der Waals surface area contributed by atoms with Gasteiger partial charge in [-0.25, -0.2) is 0 Å². The van der Waals surface area contributed by atoms with E-state index in [-0.39, 0.29) is 0 Å². The van der Waals surface area contributed by atoms with E-state index >= 15 is 0 Å². The number of halogens is 5. The number of rotatable bonds is 1. The average Bonchev–Trinajstić information content (AvgIpc) is 1.25. The summed E-state index contributed by atoms with van der Waals surface area (Å²) in [6, 6.07) is 0. The Labute approximate surface area is 59.1 Å². The first-order chi connectivity index (χ1) is 3.25. The summed E-state index contributed by atoms with van der Waals surface area (Å²) < 4.78 is 19.8. The molecular formula is C2HCl3F2O. The van der Waals surface area contributed by atoms with E-state index in [2.05, 4.69) is 34.8 Å². The molecule has 8 heavy (non-hydrogen) atoms. The molecule has 50 valence electrons. The maximum absolute atomic E-state index is 11.5. The Morgan fingerprint density at radius 3 is 1.25 bits per heavy atom. The molecule has 6 heteroatoms. The summed E-state index contributed by atoms with van der Waals surface area (Å²) in [7, 11) is 0. The molecule has 0 aliphatic rings. The molecule has 0 atom stereocenters. The molecule has 0 fully saturated rings. The van der Waals surface area contributed by atoms with Crippen molar-refractivity contribution in [2.45, 2.75) is 9.90 Å². The molecule has 0 saturated heterocycles. The lowest BCUT2D eigenvalue weighted by Gasteiger charge is -2.16. The third-order valence-electron chi connectivity index (χ3n) is 0.341. The van der Waals surface area contributed by atoms with E-state index in [1.165, 1.54) is 0 Å². The third-order valence-corrected chi connectivity index (χ3v) is 1.28. The van der Waals surface area contributed by atoms with Gasteiger partial charge in [-0.05, 0) is 11.6 Å².